The number of nitrogens with zero attached hydrogens (tertiary/aromatic N) is 4. The van der Waals surface area contributed by atoms with Crippen molar-refractivity contribution in [3.63, 3.8) is 0 Å². The van der Waals surface area contributed by atoms with Crippen LogP contribution in [-0.2, 0) is 23.7 Å². The second kappa shape index (κ2) is 15.4. The highest BCUT2D eigenvalue weighted by atomic mass is 16.7. The molecule has 0 aromatic carbocycles. The van der Waals surface area contributed by atoms with Crippen molar-refractivity contribution in [2.75, 3.05) is 20.3 Å². The minimum absolute atomic E-state index is 0.0453. The van der Waals surface area contributed by atoms with Crippen LogP contribution in [0.5, 0.6) is 0 Å². The number of rotatable bonds is 6. The van der Waals surface area contributed by atoms with E-state index in [1.807, 2.05) is 46.6 Å². The van der Waals surface area contributed by atoms with E-state index in [9.17, 15) is 20.1 Å². The Kier molecular flexibility index (Phi) is 13.5. The van der Waals surface area contributed by atoms with Gasteiger partial charge in [0, 0.05) is 23.9 Å². The molecule has 256 valence electrons. The SMILES string of the molecule is CC[C@H]1OC(=O)[C@H](C)[C@@H](O[C@H]2C[C@@](C)(OCN=[N+]=[N-])[C@@H](N)[C@H](C)O2)[C@H](C)[C@@H](C)[C@](C)(O)C[C@@H](C)CN(C)[C@H](C)[C@@H](O)[C@]1(C)O. The van der Waals surface area contributed by atoms with Gasteiger partial charge in [0.2, 0.25) is 0 Å². The lowest BCUT2D eigenvalue weighted by atomic mass is 9.72. The molecule has 0 unspecified atom stereocenters. The first kappa shape index (κ1) is 38.6. The van der Waals surface area contributed by atoms with Gasteiger partial charge in [-0.1, -0.05) is 32.8 Å². The molecule has 0 aromatic heterocycles. The smallest absolute Gasteiger partial charge is 0.311 e. The molecule has 0 bridgehead atoms. The third kappa shape index (κ3) is 8.83. The van der Waals surface area contributed by atoms with E-state index in [0.29, 0.717) is 13.0 Å². The summed E-state index contributed by atoms with van der Waals surface area (Å²) in [5, 5.41) is 38.1. The second-order valence-electron chi connectivity index (χ2n) is 14.2. The van der Waals surface area contributed by atoms with Crippen molar-refractivity contribution in [2.24, 2.45) is 34.5 Å². The van der Waals surface area contributed by atoms with Crippen LogP contribution in [0.3, 0.4) is 0 Å². The molecule has 0 spiro atoms. The van der Waals surface area contributed by atoms with Crippen LogP contribution < -0.4 is 5.73 Å². The molecular weight excluding hydrogens is 570 g/mol. The van der Waals surface area contributed by atoms with Crippen molar-refractivity contribution >= 4 is 5.97 Å². The van der Waals surface area contributed by atoms with Gasteiger partial charge in [-0.25, -0.2) is 0 Å². The van der Waals surface area contributed by atoms with E-state index in [-0.39, 0.29) is 37.3 Å². The lowest BCUT2D eigenvalue weighted by Gasteiger charge is -2.47. The quantitative estimate of drug-likeness (QED) is 0.147. The van der Waals surface area contributed by atoms with Gasteiger partial charge in [-0.15, -0.1) is 0 Å². The molecule has 2 heterocycles. The topological polar surface area (TPSA) is 193 Å². The number of carbonyl (C=O) groups excluding carboxylic acids is 1. The number of aliphatic hydroxyl groups excluding tert-OH is 1. The van der Waals surface area contributed by atoms with Gasteiger partial charge in [0.15, 0.2) is 6.29 Å². The Morgan fingerprint density at radius 1 is 1.14 bits per heavy atom. The van der Waals surface area contributed by atoms with E-state index in [1.165, 1.54) is 6.92 Å². The molecular formula is C31H59N5O8. The average Bonchev–Trinajstić information content (AvgIpc) is 2.94. The molecule has 5 N–H and O–H groups in total. The predicted octanol–water partition coefficient (Wildman–Crippen LogP) is 3.33. The summed E-state index contributed by atoms with van der Waals surface area (Å²) in [6.45, 7) is 18.5. The molecule has 14 atom stereocenters. The molecule has 0 radical (unpaired) electrons. The third-order valence-electron chi connectivity index (χ3n) is 10.5. The standard InChI is InChI=1S/C31H59N5O8/c1-12-23-31(10,40)27(37)21(6)36(11)15-17(2)13-29(8,39)20(5)18(3)25(19(4)28(38)43-23)44-24-14-30(9,41-16-34-35-33)26(32)22(7)42-24/h17-27,37,39-40H,12-16,32H2,1-11H3/t17-,18-,19-,20-,21-,22+,23-,24+,25+,26+,27-,29-,30-,31-/m1/s1. The lowest BCUT2D eigenvalue weighted by molar-refractivity contribution is -0.276. The van der Waals surface area contributed by atoms with Crippen molar-refractivity contribution in [3.8, 4) is 0 Å². The summed E-state index contributed by atoms with van der Waals surface area (Å²) in [5.74, 6) is -2.05. The third-order valence-corrected chi connectivity index (χ3v) is 10.5. The van der Waals surface area contributed by atoms with E-state index in [2.05, 4.69) is 10.0 Å². The first-order chi connectivity index (χ1) is 20.2. The highest BCUT2D eigenvalue weighted by molar-refractivity contribution is 5.73. The van der Waals surface area contributed by atoms with E-state index < -0.39 is 71.5 Å². The average molecular weight is 630 g/mol. The van der Waals surface area contributed by atoms with Crippen molar-refractivity contribution < 1.29 is 39.1 Å². The number of likely N-dealkylation sites (N-methyl/N-ethyl adjacent to an activating group) is 1. The molecule has 0 saturated carbocycles. The van der Waals surface area contributed by atoms with Gasteiger partial charge < -0.3 is 44.9 Å². The van der Waals surface area contributed by atoms with Crippen molar-refractivity contribution in [2.45, 2.75) is 148 Å². The highest BCUT2D eigenvalue weighted by Crippen LogP contribution is 2.39. The van der Waals surface area contributed by atoms with Gasteiger partial charge >= 0.3 is 5.97 Å². The van der Waals surface area contributed by atoms with E-state index in [4.69, 9.17) is 30.2 Å². The Labute approximate surface area is 263 Å². The molecule has 13 nitrogen and oxygen atoms in total. The van der Waals surface area contributed by atoms with Crippen LogP contribution in [0.4, 0.5) is 0 Å². The van der Waals surface area contributed by atoms with Gasteiger partial charge in [0.25, 0.3) is 0 Å². The Balaban J connectivity index is 2.53. The fraction of sp³-hybridized carbons (Fsp3) is 0.968. The van der Waals surface area contributed by atoms with Crippen molar-refractivity contribution in [1.82, 2.24) is 4.90 Å². The molecule has 0 amide bonds. The number of nitrogens with two attached hydrogens (primary N) is 1. The Morgan fingerprint density at radius 2 is 1.75 bits per heavy atom. The monoisotopic (exact) mass is 629 g/mol. The maximum Gasteiger partial charge on any atom is 0.311 e. The fourth-order valence-corrected chi connectivity index (χ4v) is 7.03. The van der Waals surface area contributed by atoms with Crippen LogP contribution >= 0.6 is 0 Å². The van der Waals surface area contributed by atoms with Gasteiger partial charge in [-0.05, 0) is 84.7 Å². The molecule has 2 saturated heterocycles. The number of hydrogen-bond donors (Lipinski definition) is 4. The number of esters is 1. The summed E-state index contributed by atoms with van der Waals surface area (Å²) >= 11 is 0. The summed E-state index contributed by atoms with van der Waals surface area (Å²) in [6, 6.07) is -0.989. The summed E-state index contributed by atoms with van der Waals surface area (Å²) in [4.78, 5) is 18.5. The zero-order chi connectivity index (χ0) is 33.8. The highest BCUT2D eigenvalue weighted by Gasteiger charge is 2.50. The Bertz CT molecular complexity index is 994. The zero-order valence-electron chi connectivity index (χ0n) is 28.6. The number of azide groups is 1. The maximum absolute atomic E-state index is 13.8. The van der Waals surface area contributed by atoms with Crippen molar-refractivity contribution in [1.29, 1.82) is 0 Å². The number of aliphatic hydroxyl groups is 3. The van der Waals surface area contributed by atoms with Gasteiger partial charge in [-0.2, -0.15) is 0 Å². The van der Waals surface area contributed by atoms with Crippen LogP contribution in [0.15, 0.2) is 5.11 Å². The van der Waals surface area contributed by atoms with Crippen LogP contribution in [0.2, 0.25) is 0 Å². The van der Waals surface area contributed by atoms with Crippen LogP contribution in [-0.4, -0.2) is 106 Å². The molecule has 2 aliphatic rings. The maximum atomic E-state index is 13.8. The van der Waals surface area contributed by atoms with Crippen molar-refractivity contribution in [3.05, 3.63) is 10.4 Å². The van der Waals surface area contributed by atoms with E-state index in [1.54, 1.807) is 27.7 Å². The fourth-order valence-electron chi connectivity index (χ4n) is 7.03. The van der Waals surface area contributed by atoms with E-state index >= 15 is 0 Å². The van der Waals surface area contributed by atoms with E-state index in [0.717, 1.165) is 0 Å². The summed E-state index contributed by atoms with van der Waals surface area (Å²) in [6.07, 6.45) is -3.34. The zero-order valence-corrected chi connectivity index (χ0v) is 28.6. The molecule has 44 heavy (non-hydrogen) atoms. The number of carbonyl (C=O) groups is 1. The summed E-state index contributed by atoms with van der Waals surface area (Å²) in [7, 11) is 1.87. The Hall–Kier alpha value is -1.54. The largest absolute Gasteiger partial charge is 0.459 e. The van der Waals surface area contributed by atoms with Crippen LogP contribution in [0.1, 0.15) is 88.5 Å². The normalized spacial score (nSPS) is 47.2. The van der Waals surface area contributed by atoms with Crippen LogP contribution in [0, 0.1) is 23.7 Å². The van der Waals surface area contributed by atoms with Gasteiger partial charge in [-0.3, -0.25) is 4.79 Å². The van der Waals surface area contributed by atoms with Crippen LogP contribution in [0.25, 0.3) is 10.4 Å². The summed E-state index contributed by atoms with van der Waals surface area (Å²) < 4.78 is 24.6. The predicted molar refractivity (Wildman–Crippen MR) is 166 cm³/mol. The minimum atomic E-state index is -1.73. The lowest BCUT2D eigenvalue weighted by Crippen LogP contribution is -2.61. The first-order valence-corrected chi connectivity index (χ1v) is 16.0. The minimum Gasteiger partial charge on any atom is -0.459 e. The molecule has 13 heteroatoms. The number of hydrogen-bond acceptors (Lipinski definition) is 11. The molecule has 2 aliphatic heterocycles. The second-order valence-corrected chi connectivity index (χ2v) is 14.2. The van der Waals surface area contributed by atoms with Gasteiger partial charge in [0.1, 0.15) is 24.5 Å². The Morgan fingerprint density at radius 3 is 2.32 bits per heavy atom. The first-order valence-electron chi connectivity index (χ1n) is 16.0. The number of ether oxygens (including phenoxy) is 4. The molecule has 0 aliphatic carbocycles. The molecule has 2 rings (SSSR count). The van der Waals surface area contributed by atoms with Gasteiger partial charge in [0.05, 0.1) is 35.4 Å². The molecule has 2 fully saturated rings. The number of cyclic esters (lactones) is 1. The molecule has 0 aromatic rings. The summed E-state index contributed by atoms with van der Waals surface area (Å²) in [5.41, 5.74) is 11.4.